The number of nitrogens with one attached hydrogen (secondary N) is 2. The summed E-state index contributed by atoms with van der Waals surface area (Å²) in [5.74, 6) is -0.394. The van der Waals surface area contributed by atoms with E-state index in [0.717, 1.165) is 5.56 Å². The standard InChI is InChI=1S/C20H20ClN3O4S2/c21-16-4-1-15(2-5-16)3-10-19(25)23-20(29)22-17-6-8-18(9-7-17)30(26,27)24-11-13-28-14-12-24/h1-10H,11-14H2,(H2,22,23,25,29)/b10-3+. The number of thiocarbonyl (C=S) groups is 1. The van der Waals surface area contributed by atoms with Gasteiger partial charge in [-0.05, 0) is 60.3 Å². The van der Waals surface area contributed by atoms with Crippen molar-refractivity contribution in [3.63, 3.8) is 0 Å². The van der Waals surface area contributed by atoms with Crippen molar-refractivity contribution in [1.82, 2.24) is 9.62 Å². The lowest BCUT2D eigenvalue weighted by Gasteiger charge is -2.26. The molecule has 1 saturated heterocycles. The number of halogens is 1. The Bertz CT molecular complexity index is 1030. The summed E-state index contributed by atoms with van der Waals surface area (Å²) in [6, 6.07) is 13.2. The number of rotatable bonds is 5. The summed E-state index contributed by atoms with van der Waals surface area (Å²) in [5, 5.41) is 6.11. The third-order valence-electron chi connectivity index (χ3n) is 4.25. The molecule has 0 unspecified atom stereocenters. The molecule has 2 aromatic rings. The maximum Gasteiger partial charge on any atom is 0.250 e. The van der Waals surface area contributed by atoms with E-state index >= 15 is 0 Å². The number of sulfonamides is 1. The van der Waals surface area contributed by atoms with E-state index < -0.39 is 15.9 Å². The summed E-state index contributed by atoms with van der Waals surface area (Å²) < 4.78 is 31.8. The third kappa shape index (κ3) is 6.10. The van der Waals surface area contributed by atoms with Crippen LogP contribution in [0, 0.1) is 0 Å². The fourth-order valence-electron chi connectivity index (χ4n) is 2.71. The van der Waals surface area contributed by atoms with Gasteiger partial charge in [0.25, 0.3) is 0 Å². The highest BCUT2D eigenvalue weighted by molar-refractivity contribution is 7.89. The molecule has 1 heterocycles. The van der Waals surface area contributed by atoms with Crippen LogP contribution in [-0.4, -0.2) is 50.0 Å². The maximum absolute atomic E-state index is 12.6. The first-order chi connectivity index (χ1) is 14.3. The Morgan fingerprint density at radius 1 is 1.07 bits per heavy atom. The first kappa shape index (κ1) is 22.4. The van der Waals surface area contributed by atoms with E-state index in [1.807, 2.05) is 0 Å². The first-order valence-electron chi connectivity index (χ1n) is 9.08. The highest BCUT2D eigenvalue weighted by Crippen LogP contribution is 2.19. The minimum absolute atomic E-state index is 0.101. The van der Waals surface area contributed by atoms with Crippen LogP contribution in [0.2, 0.25) is 5.02 Å². The number of amides is 1. The zero-order chi connectivity index (χ0) is 21.6. The molecular weight excluding hydrogens is 446 g/mol. The van der Waals surface area contributed by atoms with Gasteiger partial charge in [-0.2, -0.15) is 4.31 Å². The molecule has 0 aromatic heterocycles. The van der Waals surface area contributed by atoms with Gasteiger partial charge >= 0.3 is 0 Å². The van der Waals surface area contributed by atoms with Gasteiger partial charge in [-0.3, -0.25) is 10.1 Å². The quantitative estimate of drug-likeness (QED) is 0.521. The van der Waals surface area contributed by atoms with Gasteiger partial charge in [0, 0.05) is 29.9 Å². The molecule has 3 rings (SSSR count). The minimum atomic E-state index is -3.56. The molecule has 1 fully saturated rings. The van der Waals surface area contributed by atoms with Crippen molar-refractivity contribution in [2.45, 2.75) is 4.90 Å². The molecule has 1 aliphatic heterocycles. The van der Waals surface area contributed by atoms with Crippen LogP contribution in [0.15, 0.2) is 59.5 Å². The van der Waals surface area contributed by atoms with E-state index in [4.69, 9.17) is 28.6 Å². The molecule has 2 aromatic carbocycles. The van der Waals surface area contributed by atoms with E-state index in [9.17, 15) is 13.2 Å². The molecule has 0 bridgehead atoms. The lowest BCUT2D eigenvalue weighted by atomic mass is 10.2. The van der Waals surface area contributed by atoms with Crippen LogP contribution in [0.4, 0.5) is 5.69 Å². The van der Waals surface area contributed by atoms with Crippen molar-refractivity contribution in [2.24, 2.45) is 0 Å². The van der Waals surface area contributed by atoms with Crippen LogP contribution in [0.25, 0.3) is 6.08 Å². The molecule has 0 saturated carbocycles. The topological polar surface area (TPSA) is 87.7 Å². The Labute approximate surface area is 185 Å². The van der Waals surface area contributed by atoms with Crippen LogP contribution in [0.1, 0.15) is 5.56 Å². The summed E-state index contributed by atoms with van der Waals surface area (Å²) in [4.78, 5) is 12.2. The average molecular weight is 466 g/mol. The Balaban J connectivity index is 1.55. The number of hydrogen-bond donors (Lipinski definition) is 2. The van der Waals surface area contributed by atoms with Crippen molar-refractivity contribution < 1.29 is 17.9 Å². The molecular formula is C20H20ClN3O4S2. The summed E-state index contributed by atoms with van der Waals surface area (Å²) in [7, 11) is -3.56. The summed E-state index contributed by atoms with van der Waals surface area (Å²) >= 11 is 11.0. The van der Waals surface area contributed by atoms with Crippen molar-refractivity contribution in [2.75, 3.05) is 31.6 Å². The fourth-order valence-corrected chi connectivity index (χ4v) is 4.46. The number of hydrogen-bond acceptors (Lipinski definition) is 5. The Morgan fingerprint density at radius 2 is 1.70 bits per heavy atom. The molecule has 10 heteroatoms. The predicted molar refractivity (Wildman–Crippen MR) is 121 cm³/mol. The van der Waals surface area contributed by atoms with Crippen LogP contribution in [0.5, 0.6) is 0 Å². The van der Waals surface area contributed by atoms with Crippen molar-refractivity contribution in [1.29, 1.82) is 0 Å². The highest BCUT2D eigenvalue weighted by Gasteiger charge is 2.26. The van der Waals surface area contributed by atoms with Gasteiger partial charge in [0.2, 0.25) is 15.9 Å². The molecule has 1 aliphatic rings. The van der Waals surface area contributed by atoms with Crippen LogP contribution in [0.3, 0.4) is 0 Å². The van der Waals surface area contributed by atoms with E-state index in [2.05, 4.69) is 10.6 Å². The first-order valence-corrected chi connectivity index (χ1v) is 11.3. The predicted octanol–water partition coefficient (Wildman–Crippen LogP) is 2.89. The molecule has 0 aliphatic carbocycles. The van der Waals surface area contributed by atoms with E-state index in [1.54, 1.807) is 42.5 Å². The van der Waals surface area contributed by atoms with Gasteiger partial charge in [-0.1, -0.05) is 23.7 Å². The summed E-state index contributed by atoms with van der Waals surface area (Å²) in [6.07, 6.45) is 2.99. The maximum atomic E-state index is 12.6. The smallest absolute Gasteiger partial charge is 0.250 e. The number of nitrogens with zero attached hydrogens (tertiary/aromatic N) is 1. The third-order valence-corrected chi connectivity index (χ3v) is 6.62. The SMILES string of the molecule is O=C(/C=C/c1ccc(Cl)cc1)NC(=S)Nc1ccc(S(=O)(=O)N2CCOCC2)cc1. The fraction of sp³-hybridized carbons (Fsp3) is 0.200. The summed E-state index contributed by atoms with van der Waals surface area (Å²) in [5.41, 5.74) is 1.38. The second kappa shape index (κ2) is 10.1. The van der Waals surface area contributed by atoms with Gasteiger partial charge in [-0.25, -0.2) is 8.42 Å². The second-order valence-electron chi connectivity index (χ2n) is 6.37. The molecule has 30 heavy (non-hydrogen) atoms. The molecule has 0 spiro atoms. The Hall–Kier alpha value is -2.30. The lowest BCUT2D eigenvalue weighted by Crippen LogP contribution is -2.40. The lowest BCUT2D eigenvalue weighted by molar-refractivity contribution is -0.115. The van der Waals surface area contributed by atoms with Crippen LogP contribution in [-0.2, 0) is 19.6 Å². The summed E-state index contributed by atoms with van der Waals surface area (Å²) in [6.45, 7) is 1.45. The van der Waals surface area contributed by atoms with Crippen molar-refractivity contribution in [3.8, 4) is 0 Å². The van der Waals surface area contributed by atoms with Crippen LogP contribution < -0.4 is 10.6 Å². The van der Waals surface area contributed by atoms with Gasteiger partial charge in [0.15, 0.2) is 5.11 Å². The second-order valence-corrected chi connectivity index (χ2v) is 9.15. The van der Waals surface area contributed by atoms with Crippen molar-refractivity contribution >= 4 is 56.6 Å². The zero-order valence-electron chi connectivity index (χ0n) is 15.9. The Morgan fingerprint density at radius 3 is 2.33 bits per heavy atom. The molecule has 0 atom stereocenters. The molecule has 158 valence electrons. The number of morpholine rings is 1. The number of benzene rings is 2. The molecule has 2 N–H and O–H groups in total. The molecule has 0 radical (unpaired) electrons. The van der Waals surface area contributed by atoms with Crippen LogP contribution >= 0.6 is 23.8 Å². The van der Waals surface area contributed by atoms with E-state index in [0.29, 0.717) is 37.0 Å². The van der Waals surface area contributed by atoms with Gasteiger partial charge in [0.05, 0.1) is 18.1 Å². The zero-order valence-corrected chi connectivity index (χ0v) is 18.3. The number of anilines is 1. The number of carbonyl (C=O) groups is 1. The molecule has 1 amide bonds. The number of carbonyl (C=O) groups excluding carboxylic acids is 1. The normalized spacial score (nSPS) is 15.1. The largest absolute Gasteiger partial charge is 0.379 e. The monoisotopic (exact) mass is 465 g/mol. The van der Waals surface area contributed by atoms with Gasteiger partial charge in [0.1, 0.15) is 0 Å². The highest BCUT2D eigenvalue weighted by atomic mass is 35.5. The average Bonchev–Trinajstić information content (AvgIpc) is 2.74. The molecule has 7 nitrogen and oxygen atoms in total. The van der Waals surface area contributed by atoms with E-state index in [1.165, 1.54) is 22.5 Å². The van der Waals surface area contributed by atoms with Gasteiger partial charge in [-0.15, -0.1) is 0 Å². The minimum Gasteiger partial charge on any atom is -0.379 e. The Kier molecular flexibility index (Phi) is 7.57. The number of ether oxygens (including phenoxy) is 1. The van der Waals surface area contributed by atoms with Gasteiger partial charge < -0.3 is 10.1 Å². The van der Waals surface area contributed by atoms with E-state index in [-0.39, 0.29) is 10.0 Å². The van der Waals surface area contributed by atoms with Crippen molar-refractivity contribution in [3.05, 3.63) is 65.2 Å².